The lowest BCUT2D eigenvalue weighted by Crippen LogP contribution is -2.41. The van der Waals surface area contributed by atoms with E-state index in [9.17, 15) is 0 Å². The SMILES string of the molecule is CCN(c1cccc(Cl)n1)C(C)(C)C. The van der Waals surface area contributed by atoms with Crippen molar-refractivity contribution in [2.45, 2.75) is 33.2 Å². The Bertz CT molecular complexity index is 304. The van der Waals surface area contributed by atoms with Crippen LogP contribution in [-0.2, 0) is 0 Å². The highest BCUT2D eigenvalue weighted by Crippen LogP contribution is 2.22. The number of aromatic nitrogens is 1. The largest absolute Gasteiger partial charge is 0.352 e. The van der Waals surface area contributed by atoms with Crippen molar-refractivity contribution >= 4 is 17.4 Å². The van der Waals surface area contributed by atoms with Crippen molar-refractivity contribution in [3.05, 3.63) is 23.4 Å². The fourth-order valence-corrected chi connectivity index (χ4v) is 1.69. The molecule has 0 spiro atoms. The van der Waals surface area contributed by atoms with Crippen LogP contribution in [0.15, 0.2) is 18.2 Å². The van der Waals surface area contributed by atoms with Crippen LogP contribution < -0.4 is 4.90 Å². The Morgan fingerprint density at radius 1 is 1.36 bits per heavy atom. The van der Waals surface area contributed by atoms with Gasteiger partial charge >= 0.3 is 0 Å². The third-order valence-corrected chi connectivity index (χ3v) is 2.31. The van der Waals surface area contributed by atoms with Gasteiger partial charge in [-0.1, -0.05) is 17.7 Å². The summed E-state index contributed by atoms with van der Waals surface area (Å²) in [5, 5.41) is 0.546. The van der Waals surface area contributed by atoms with Crippen molar-refractivity contribution in [2.75, 3.05) is 11.4 Å². The summed E-state index contributed by atoms with van der Waals surface area (Å²) in [5.74, 6) is 0.938. The van der Waals surface area contributed by atoms with Crippen molar-refractivity contribution < 1.29 is 0 Å². The number of hydrogen-bond donors (Lipinski definition) is 0. The molecule has 0 aliphatic rings. The molecule has 1 aromatic rings. The Hall–Kier alpha value is -0.760. The van der Waals surface area contributed by atoms with E-state index in [-0.39, 0.29) is 5.54 Å². The summed E-state index contributed by atoms with van der Waals surface area (Å²) in [4.78, 5) is 6.52. The van der Waals surface area contributed by atoms with Gasteiger partial charge in [0.05, 0.1) is 0 Å². The van der Waals surface area contributed by atoms with Crippen LogP contribution in [0.4, 0.5) is 5.82 Å². The first-order chi connectivity index (χ1) is 6.45. The first-order valence-electron chi connectivity index (χ1n) is 4.85. The molecule has 0 bridgehead atoms. The highest BCUT2D eigenvalue weighted by atomic mass is 35.5. The molecule has 0 fully saturated rings. The summed E-state index contributed by atoms with van der Waals surface area (Å²) in [6.45, 7) is 9.54. The van der Waals surface area contributed by atoms with Gasteiger partial charge in [0, 0.05) is 12.1 Å². The fourth-order valence-electron chi connectivity index (χ4n) is 1.53. The normalized spacial score (nSPS) is 11.5. The molecule has 78 valence electrons. The molecule has 0 aliphatic heterocycles. The van der Waals surface area contributed by atoms with Crippen molar-refractivity contribution in [1.82, 2.24) is 4.98 Å². The first kappa shape index (κ1) is 11.3. The summed E-state index contributed by atoms with van der Waals surface area (Å²) in [6, 6.07) is 5.71. The van der Waals surface area contributed by atoms with Crippen molar-refractivity contribution in [2.24, 2.45) is 0 Å². The zero-order valence-corrected chi connectivity index (χ0v) is 9.97. The summed E-state index contributed by atoms with van der Waals surface area (Å²) in [6.07, 6.45) is 0. The highest BCUT2D eigenvalue weighted by Gasteiger charge is 2.20. The molecule has 0 amide bonds. The molecule has 1 aromatic heterocycles. The molecule has 0 saturated carbocycles. The molecule has 14 heavy (non-hydrogen) atoms. The second-order valence-corrected chi connectivity index (χ2v) is 4.62. The molecule has 1 rings (SSSR count). The smallest absolute Gasteiger partial charge is 0.131 e. The monoisotopic (exact) mass is 212 g/mol. The van der Waals surface area contributed by atoms with Gasteiger partial charge in [0.1, 0.15) is 11.0 Å². The molecule has 0 N–H and O–H groups in total. The lowest BCUT2D eigenvalue weighted by atomic mass is 10.1. The van der Waals surface area contributed by atoms with Gasteiger partial charge in [-0.05, 0) is 39.8 Å². The lowest BCUT2D eigenvalue weighted by molar-refractivity contribution is 0.508. The Labute approximate surface area is 90.9 Å². The van der Waals surface area contributed by atoms with Crippen LogP contribution in [0, 0.1) is 0 Å². The molecule has 3 heteroatoms. The van der Waals surface area contributed by atoms with Gasteiger partial charge in [-0.3, -0.25) is 0 Å². The van der Waals surface area contributed by atoms with E-state index >= 15 is 0 Å². The molecule has 2 nitrogen and oxygen atoms in total. The second kappa shape index (κ2) is 4.18. The highest BCUT2D eigenvalue weighted by molar-refractivity contribution is 6.29. The lowest BCUT2D eigenvalue weighted by Gasteiger charge is -2.35. The average molecular weight is 213 g/mol. The van der Waals surface area contributed by atoms with E-state index in [0.29, 0.717) is 5.15 Å². The summed E-state index contributed by atoms with van der Waals surface area (Å²) >= 11 is 5.86. The molecule has 0 saturated heterocycles. The molecular formula is C11H17ClN2. The van der Waals surface area contributed by atoms with Crippen molar-refractivity contribution in [3.63, 3.8) is 0 Å². The van der Waals surface area contributed by atoms with Gasteiger partial charge in [-0.25, -0.2) is 4.98 Å². The number of nitrogens with zero attached hydrogens (tertiary/aromatic N) is 2. The first-order valence-corrected chi connectivity index (χ1v) is 5.23. The van der Waals surface area contributed by atoms with E-state index in [0.717, 1.165) is 12.4 Å². The van der Waals surface area contributed by atoms with Crippen LogP contribution in [0.5, 0.6) is 0 Å². The van der Waals surface area contributed by atoms with Crippen molar-refractivity contribution in [3.8, 4) is 0 Å². The number of rotatable bonds is 2. The van der Waals surface area contributed by atoms with E-state index < -0.39 is 0 Å². The Kier molecular flexibility index (Phi) is 3.38. The summed E-state index contributed by atoms with van der Waals surface area (Å²) in [5.41, 5.74) is 0.0758. The minimum absolute atomic E-state index is 0.0758. The van der Waals surface area contributed by atoms with E-state index in [1.54, 1.807) is 6.07 Å². The fraction of sp³-hybridized carbons (Fsp3) is 0.545. The molecule has 0 aromatic carbocycles. The van der Waals surface area contributed by atoms with Crippen LogP contribution in [0.3, 0.4) is 0 Å². The Balaban J connectivity index is 3.01. The number of anilines is 1. The minimum Gasteiger partial charge on any atom is -0.352 e. The van der Waals surface area contributed by atoms with Crippen LogP contribution in [0.25, 0.3) is 0 Å². The topological polar surface area (TPSA) is 16.1 Å². The van der Waals surface area contributed by atoms with Gasteiger partial charge in [0.15, 0.2) is 0 Å². The van der Waals surface area contributed by atoms with Gasteiger partial charge < -0.3 is 4.90 Å². The van der Waals surface area contributed by atoms with Gasteiger partial charge in [0.25, 0.3) is 0 Å². The maximum Gasteiger partial charge on any atom is 0.131 e. The molecule has 0 aliphatic carbocycles. The van der Waals surface area contributed by atoms with Crippen LogP contribution in [0.1, 0.15) is 27.7 Å². The van der Waals surface area contributed by atoms with E-state index in [2.05, 4.69) is 37.6 Å². The van der Waals surface area contributed by atoms with E-state index in [4.69, 9.17) is 11.6 Å². The number of pyridine rings is 1. The minimum atomic E-state index is 0.0758. The van der Waals surface area contributed by atoms with E-state index in [1.807, 2.05) is 12.1 Å². The standard InChI is InChI=1S/C11H17ClN2/c1-5-14(11(2,3)4)10-8-6-7-9(12)13-10/h6-8H,5H2,1-4H3. The van der Waals surface area contributed by atoms with Crippen LogP contribution in [-0.4, -0.2) is 17.1 Å². The predicted molar refractivity (Wildman–Crippen MR) is 62.0 cm³/mol. The second-order valence-electron chi connectivity index (χ2n) is 4.23. The van der Waals surface area contributed by atoms with Crippen LogP contribution >= 0.6 is 11.6 Å². The molecule has 0 radical (unpaired) electrons. The quantitative estimate of drug-likeness (QED) is 0.699. The van der Waals surface area contributed by atoms with Crippen molar-refractivity contribution in [1.29, 1.82) is 0 Å². The third kappa shape index (κ3) is 2.61. The Morgan fingerprint density at radius 2 is 2.00 bits per heavy atom. The summed E-state index contributed by atoms with van der Waals surface area (Å²) < 4.78 is 0. The van der Waals surface area contributed by atoms with Crippen LogP contribution in [0.2, 0.25) is 5.15 Å². The average Bonchev–Trinajstić information content (AvgIpc) is 2.02. The Morgan fingerprint density at radius 3 is 2.43 bits per heavy atom. The number of hydrogen-bond acceptors (Lipinski definition) is 2. The maximum atomic E-state index is 5.86. The van der Waals surface area contributed by atoms with Gasteiger partial charge in [0.2, 0.25) is 0 Å². The zero-order valence-electron chi connectivity index (χ0n) is 9.21. The molecule has 0 atom stereocenters. The maximum absolute atomic E-state index is 5.86. The molecule has 1 heterocycles. The molecular weight excluding hydrogens is 196 g/mol. The van der Waals surface area contributed by atoms with Gasteiger partial charge in [-0.15, -0.1) is 0 Å². The third-order valence-electron chi connectivity index (χ3n) is 2.10. The van der Waals surface area contributed by atoms with Gasteiger partial charge in [-0.2, -0.15) is 0 Å². The summed E-state index contributed by atoms with van der Waals surface area (Å²) in [7, 11) is 0. The zero-order chi connectivity index (χ0) is 10.8. The predicted octanol–water partition coefficient (Wildman–Crippen LogP) is 3.36. The van der Waals surface area contributed by atoms with E-state index in [1.165, 1.54) is 0 Å². The molecule has 0 unspecified atom stereocenters. The number of halogens is 1.